The third-order valence-electron chi connectivity index (χ3n) is 2.31. The second-order valence-corrected chi connectivity index (χ2v) is 4.22. The summed E-state index contributed by atoms with van der Waals surface area (Å²) in [6.45, 7) is 0.148. The van der Waals surface area contributed by atoms with Crippen LogP contribution < -0.4 is 5.32 Å². The molecule has 14 heavy (non-hydrogen) atoms. The van der Waals surface area contributed by atoms with E-state index in [1.54, 1.807) is 11.4 Å². The average molecular weight is 214 g/mol. The van der Waals surface area contributed by atoms with E-state index in [1.165, 1.54) is 0 Å². The van der Waals surface area contributed by atoms with Gasteiger partial charge in [0.1, 0.15) is 5.69 Å². The molecule has 0 aromatic carbocycles. The normalized spacial score (nSPS) is 24.6. The van der Waals surface area contributed by atoms with Crippen molar-refractivity contribution in [2.75, 3.05) is 11.9 Å². The fourth-order valence-electron chi connectivity index (χ4n) is 1.38. The Hall–Kier alpha value is -1.14. The Morgan fingerprint density at radius 2 is 2.57 bits per heavy atom. The first kappa shape index (κ1) is 9.42. The molecule has 1 saturated carbocycles. The maximum absolute atomic E-state index is 10.6. The van der Waals surface area contributed by atoms with E-state index >= 15 is 0 Å². The van der Waals surface area contributed by atoms with Gasteiger partial charge in [0.25, 0.3) is 0 Å². The van der Waals surface area contributed by atoms with Gasteiger partial charge in [-0.25, -0.2) is 0 Å². The van der Waals surface area contributed by atoms with Crippen molar-refractivity contribution in [3.8, 4) is 0 Å². The molecule has 1 aliphatic rings. The third kappa shape index (κ3) is 1.71. The molecule has 1 aromatic heterocycles. The van der Waals surface area contributed by atoms with Crippen LogP contribution in [-0.4, -0.2) is 22.7 Å². The van der Waals surface area contributed by atoms with Crippen LogP contribution in [0.5, 0.6) is 0 Å². The summed E-state index contributed by atoms with van der Waals surface area (Å²) in [6.07, 6.45) is 0.892. The van der Waals surface area contributed by atoms with E-state index in [4.69, 9.17) is 5.11 Å². The minimum atomic E-state index is -0.386. The molecule has 76 valence electrons. The van der Waals surface area contributed by atoms with Gasteiger partial charge in [-0.3, -0.25) is 10.1 Å². The van der Waals surface area contributed by atoms with Crippen molar-refractivity contribution < 1.29 is 10.0 Å². The Morgan fingerprint density at radius 1 is 1.79 bits per heavy atom. The standard InChI is InChI=1S/C8H10N2O3S/c11-4-5-3-7(5)9-6-1-2-14-8(6)10(12)13/h1-2,5,7,9,11H,3-4H2. The molecule has 0 aliphatic heterocycles. The Balaban J connectivity index is 2.03. The highest BCUT2D eigenvalue weighted by molar-refractivity contribution is 7.14. The lowest BCUT2D eigenvalue weighted by molar-refractivity contribution is -0.379. The van der Waals surface area contributed by atoms with E-state index in [-0.39, 0.29) is 28.5 Å². The molecule has 0 saturated heterocycles. The smallest absolute Gasteiger partial charge is 0.347 e. The number of thiophene rings is 1. The summed E-state index contributed by atoms with van der Waals surface area (Å²) in [5.74, 6) is 0.259. The summed E-state index contributed by atoms with van der Waals surface area (Å²) in [5, 5.41) is 24.3. The zero-order valence-electron chi connectivity index (χ0n) is 7.34. The van der Waals surface area contributed by atoms with Crippen LogP contribution in [0.3, 0.4) is 0 Å². The van der Waals surface area contributed by atoms with Crippen molar-refractivity contribution in [1.82, 2.24) is 0 Å². The largest absolute Gasteiger partial charge is 0.396 e. The summed E-state index contributed by atoms with van der Waals surface area (Å²) in [4.78, 5) is 10.2. The highest BCUT2D eigenvalue weighted by Crippen LogP contribution is 2.38. The number of rotatable bonds is 4. The molecular weight excluding hydrogens is 204 g/mol. The minimum Gasteiger partial charge on any atom is -0.396 e. The summed E-state index contributed by atoms with van der Waals surface area (Å²) in [7, 11) is 0. The molecule has 0 amide bonds. The predicted molar refractivity (Wildman–Crippen MR) is 53.6 cm³/mol. The Bertz CT molecular complexity index is 352. The van der Waals surface area contributed by atoms with Crippen molar-refractivity contribution in [2.24, 2.45) is 5.92 Å². The number of aliphatic hydroxyl groups excluding tert-OH is 1. The molecule has 6 heteroatoms. The van der Waals surface area contributed by atoms with Crippen LogP contribution in [0, 0.1) is 16.0 Å². The molecule has 1 heterocycles. The molecule has 1 fully saturated rings. The highest BCUT2D eigenvalue weighted by atomic mass is 32.1. The molecule has 5 nitrogen and oxygen atoms in total. The number of aliphatic hydroxyl groups is 1. The second-order valence-electron chi connectivity index (χ2n) is 3.33. The lowest BCUT2D eigenvalue weighted by Gasteiger charge is -2.00. The summed E-state index contributed by atoms with van der Waals surface area (Å²) in [6, 6.07) is 1.91. The molecule has 2 N–H and O–H groups in total. The van der Waals surface area contributed by atoms with Gasteiger partial charge in [-0.1, -0.05) is 11.3 Å². The lowest BCUT2D eigenvalue weighted by atomic mass is 10.4. The number of nitro groups is 1. The zero-order valence-corrected chi connectivity index (χ0v) is 8.16. The maximum Gasteiger partial charge on any atom is 0.347 e. The number of hydrogen-bond donors (Lipinski definition) is 2. The number of anilines is 1. The number of nitrogens with zero attached hydrogens (tertiary/aromatic N) is 1. The van der Waals surface area contributed by atoms with Gasteiger partial charge in [-0.2, -0.15) is 0 Å². The van der Waals surface area contributed by atoms with E-state index in [0.717, 1.165) is 17.8 Å². The lowest BCUT2D eigenvalue weighted by Crippen LogP contribution is -2.06. The van der Waals surface area contributed by atoms with Gasteiger partial charge >= 0.3 is 5.00 Å². The summed E-state index contributed by atoms with van der Waals surface area (Å²) < 4.78 is 0. The zero-order chi connectivity index (χ0) is 10.1. The quantitative estimate of drug-likeness (QED) is 0.587. The number of hydrogen-bond acceptors (Lipinski definition) is 5. The first-order valence-electron chi connectivity index (χ1n) is 4.31. The van der Waals surface area contributed by atoms with Gasteiger partial charge in [0, 0.05) is 18.6 Å². The van der Waals surface area contributed by atoms with Gasteiger partial charge in [0.2, 0.25) is 0 Å². The van der Waals surface area contributed by atoms with E-state index in [0.29, 0.717) is 5.69 Å². The summed E-state index contributed by atoms with van der Waals surface area (Å²) >= 11 is 1.11. The first-order chi connectivity index (χ1) is 6.72. The molecule has 2 atom stereocenters. The molecule has 2 rings (SSSR count). The molecule has 2 unspecified atom stereocenters. The first-order valence-corrected chi connectivity index (χ1v) is 5.19. The molecule has 0 radical (unpaired) electrons. The number of nitrogens with one attached hydrogen (secondary N) is 1. The van der Waals surface area contributed by atoms with Crippen LogP contribution in [0.25, 0.3) is 0 Å². The highest BCUT2D eigenvalue weighted by Gasteiger charge is 2.37. The van der Waals surface area contributed by atoms with Crippen molar-refractivity contribution >= 4 is 22.0 Å². The van der Waals surface area contributed by atoms with Gasteiger partial charge < -0.3 is 10.4 Å². The van der Waals surface area contributed by atoms with Crippen LogP contribution in [0.1, 0.15) is 6.42 Å². The molecule has 0 spiro atoms. The van der Waals surface area contributed by atoms with Crippen molar-refractivity contribution in [1.29, 1.82) is 0 Å². The molecule has 1 aromatic rings. The van der Waals surface area contributed by atoms with Crippen molar-refractivity contribution in [3.63, 3.8) is 0 Å². The Morgan fingerprint density at radius 3 is 3.14 bits per heavy atom. The van der Waals surface area contributed by atoms with Crippen LogP contribution >= 0.6 is 11.3 Å². The van der Waals surface area contributed by atoms with Gasteiger partial charge in [0.05, 0.1) is 4.92 Å². The monoisotopic (exact) mass is 214 g/mol. The van der Waals surface area contributed by atoms with E-state index in [2.05, 4.69) is 5.32 Å². The SMILES string of the molecule is O=[N+]([O-])c1sccc1NC1CC1CO. The molecule has 1 aliphatic carbocycles. The van der Waals surface area contributed by atoms with E-state index in [1.807, 2.05) is 0 Å². The maximum atomic E-state index is 10.6. The van der Waals surface area contributed by atoms with Crippen LogP contribution in [0.2, 0.25) is 0 Å². The molecular formula is C8H10N2O3S. The van der Waals surface area contributed by atoms with Crippen molar-refractivity contribution in [2.45, 2.75) is 12.5 Å². The minimum absolute atomic E-state index is 0.147. The van der Waals surface area contributed by atoms with Crippen molar-refractivity contribution in [3.05, 3.63) is 21.6 Å². The fourth-order valence-corrected chi connectivity index (χ4v) is 2.05. The van der Waals surface area contributed by atoms with Gasteiger partial charge in [-0.15, -0.1) is 0 Å². The predicted octanol–water partition coefficient (Wildman–Crippen LogP) is 1.45. The third-order valence-corrected chi connectivity index (χ3v) is 3.17. The Kier molecular flexibility index (Phi) is 2.39. The average Bonchev–Trinajstić information content (AvgIpc) is 2.71. The second kappa shape index (κ2) is 3.55. The summed E-state index contributed by atoms with van der Waals surface area (Å²) in [5.41, 5.74) is 0.570. The fraction of sp³-hybridized carbons (Fsp3) is 0.500. The van der Waals surface area contributed by atoms with Crippen LogP contribution in [-0.2, 0) is 0 Å². The van der Waals surface area contributed by atoms with Gasteiger partial charge in [0.15, 0.2) is 0 Å². The van der Waals surface area contributed by atoms with Crippen LogP contribution in [0.15, 0.2) is 11.4 Å². The van der Waals surface area contributed by atoms with E-state index in [9.17, 15) is 10.1 Å². The topological polar surface area (TPSA) is 75.4 Å². The van der Waals surface area contributed by atoms with Gasteiger partial charge in [-0.05, 0) is 17.9 Å². The van der Waals surface area contributed by atoms with E-state index < -0.39 is 0 Å². The van der Waals surface area contributed by atoms with Crippen LogP contribution in [0.4, 0.5) is 10.7 Å². The molecule has 0 bridgehead atoms. The Labute approximate surface area is 84.5 Å².